The monoisotopic (exact) mass is 486 g/mol. The Balaban J connectivity index is 1.55. The molecule has 0 bridgehead atoms. The van der Waals surface area contributed by atoms with Gasteiger partial charge in [-0.05, 0) is 23.3 Å². The van der Waals surface area contributed by atoms with Crippen LogP contribution in [-0.4, -0.2) is 41.8 Å². The van der Waals surface area contributed by atoms with Crippen LogP contribution in [0.1, 0.15) is 17.5 Å². The van der Waals surface area contributed by atoms with E-state index in [1.54, 1.807) is 0 Å². The van der Waals surface area contributed by atoms with Crippen molar-refractivity contribution in [1.29, 1.82) is 0 Å². The first-order valence-electron chi connectivity index (χ1n) is 9.79. The molecule has 8 nitrogen and oxygen atoms in total. The van der Waals surface area contributed by atoms with Crippen LogP contribution < -0.4 is 21.7 Å². The highest BCUT2D eigenvalue weighted by atomic mass is 79.9. The Kier molecular flexibility index (Phi) is 7.41. The van der Waals surface area contributed by atoms with Gasteiger partial charge in [-0.1, -0.05) is 58.4 Å². The molecule has 162 valence electrons. The van der Waals surface area contributed by atoms with Gasteiger partial charge in [-0.15, -0.1) is 0 Å². The average molecular weight is 487 g/mol. The minimum atomic E-state index is -1.01. The first kappa shape index (κ1) is 22.5. The number of benzene rings is 2. The van der Waals surface area contributed by atoms with Crippen molar-refractivity contribution in [2.24, 2.45) is 5.73 Å². The topological polar surface area (TPSA) is 130 Å². The molecule has 9 heteroatoms. The largest absolute Gasteiger partial charge is 0.368 e. The summed E-state index contributed by atoms with van der Waals surface area (Å²) in [6, 6.07) is 13.9. The van der Waals surface area contributed by atoms with Gasteiger partial charge < -0.3 is 21.7 Å². The molecule has 1 aliphatic rings. The lowest BCUT2D eigenvalue weighted by atomic mass is 10.0. The fraction of sp³-hybridized carbons (Fsp3) is 0.273. The number of nitrogens with two attached hydrogens (primary N) is 1. The Morgan fingerprint density at radius 1 is 0.935 bits per heavy atom. The molecule has 31 heavy (non-hydrogen) atoms. The number of carbonyl (C=O) groups is 4. The third kappa shape index (κ3) is 6.39. The number of hydrogen-bond donors (Lipinski definition) is 4. The molecule has 0 radical (unpaired) electrons. The van der Waals surface area contributed by atoms with Crippen LogP contribution in [0.5, 0.6) is 0 Å². The Morgan fingerprint density at radius 3 is 2.19 bits per heavy atom. The highest BCUT2D eigenvalue weighted by Crippen LogP contribution is 2.12. The zero-order valence-corrected chi connectivity index (χ0v) is 18.2. The number of nitrogens with one attached hydrogen (secondary N) is 3. The molecule has 1 heterocycles. The molecular weight excluding hydrogens is 464 g/mol. The number of halogens is 1. The summed E-state index contributed by atoms with van der Waals surface area (Å²) in [5.74, 6) is -2.04. The Morgan fingerprint density at radius 2 is 1.55 bits per heavy atom. The van der Waals surface area contributed by atoms with Crippen LogP contribution in [0.25, 0.3) is 0 Å². The van der Waals surface area contributed by atoms with Gasteiger partial charge in [0.1, 0.15) is 18.1 Å². The van der Waals surface area contributed by atoms with E-state index in [1.165, 1.54) is 0 Å². The zero-order valence-electron chi connectivity index (χ0n) is 16.6. The van der Waals surface area contributed by atoms with Crippen molar-refractivity contribution in [2.45, 2.75) is 37.4 Å². The van der Waals surface area contributed by atoms with Crippen molar-refractivity contribution in [1.82, 2.24) is 16.0 Å². The number of rotatable bonds is 8. The maximum atomic E-state index is 12.4. The molecule has 0 aliphatic carbocycles. The predicted molar refractivity (Wildman–Crippen MR) is 118 cm³/mol. The Hall–Kier alpha value is -3.20. The van der Waals surface area contributed by atoms with Gasteiger partial charge in [0.25, 0.3) is 0 Å². The van der Waals surface area contributed by atoms with E-state index >= 15 is 0 Å². The smallest absolute Gasteiger partial charge is 0.243 e. The number of amides is 4. The molecule has 2 aromatic rings. The normalized spacial score (nSPS) is 19.1. The van der Waals surface area contributed by atoms with Crippen molar-refractivity contribution >= 4 is 39.6 Å². The van der Waals surface area contributed by atoms with E-state index in [0.717, 1.165) is 15.6 Å². The Bertz CT molecular complexity index is 965. The quantitative estimate of drug-likeness (QED) is 0.434. The summed E-state index contributed by atoms with van der Waals surface area (Å²) in [5.41, 5.74) is 7.16. The van der Waals surface area contributed by atoms with Gasteiger partial charge in [0.2, 0.25) is 23.6 Å². The second kappa shape index (κ2) is 10.2. The van der Waals surface area contributed by atoms with Crippen molar-refractivity contribution in [3.05, 3.63) is 70.2 Å². The second-order valence-electron chi connectivity index (χ2n) is 7.37. The van der Waals surface area contributed by atoms with Crippen molar-refractivity contribution in [3.63, 3.8) is 0 Å². The summed E-state index contributed by atoms with van der Waals surface area (Å²) >= 11 is 3.34. The van der Waals surface area contributed by atoms with Crippen LogP contribution in [0.15, 0.2) is 59.1 Å². The Labute approximate surface area is 188 Å². The minimum absolute atomic E-state index is 0.219. The van der Waals surface area contributed by atoms with E-state index in [4.69, 9.17) is 5.73 Å². The van der Waals surface area contributed by atoms with Crippen LogP contribution in [-0.2, 0) is 32.0 Å². The molecule has 1 fully saturated rings. The molecule has 0 unspecified atom stereocenters. The van der Waals surface area contributed by atoms with Gasteiger partial charge in [-0.3, -0.25) is 19.2 Å². The summed E-state index contributed by atoms with van der Waals surface area (Å²) in [5, 5.41) is 7.81. The van der Waals surface area contributed by atoms with Gasteiger partial charge in [0.15, 0.2) is 0 Å². The standard InChI is InChI=1S/C22H23BrN4O4/c23-15-8-6-14(7-9-15)10-16(20(24)29)25-19(28)12-18-22(31)26-17(21(30)27-18)11-13-4-2-1-3-5-13/h1-9,16-18H,10-12H2,(H2,24,29)(H,25,28)(H,26,31)(H,27,30)/t16-,17+,18+/m1/s1. The third-order valence-corrected chi connectivity index (χ3v) is 5.50. The lowest BCUT2D eigenvalue weighted by molar-refractivity contribution is -0.138. The van der Waals surface area contributed by atoms with Crippen LogP contribution >= 0.6 is 15.9 Å². The summed E-state index contributed by atoms with van der Waals surface area (Å²) in [6.07, 6.45) is 0.282. The molecule has 1 aliphatic heterocycles. The number of carbonyl (C=O) groups excluding carboxylic acids is 4. The molecular formula is C22H23BrN4O4. The molecule has 0 saturated carbocycles. The number of primary amides is 1. The molecule has 2 aromatic carbocycles. The first-order chi connectivity index (χ1) is 14.8. The predicted octanol–water partition coefficient (Wildman–Crippen LogP) is 0.578. The van der Waals surface area contributed by atoms with E-state index in [-0.39, 0.29) is 18.7 Å². The van der Waals surface area contributed by atoms with E-state index in [0.29, 0.717) is 6.42 Å². The summed E-state index contributed by atoms with van der Waals surface area (Å²) in [6.45, 7) is 0. The second-order valence-corrected chi connectivity index (χ2v) is 8.28. The molecule has 3 rings (SSSR count). The van der Waals surface area contributed by atoms with E-state index < -0.39 is 35.8 Å². The van der Waals surface area contributed by atoms with Gasteiger partial charge in [-0.25, -0.2) is 0 Å². The minimum Gasteiger partial charge on any atom is -0.368 e. The molecule has 4 amide bonds. The van der Waals surface area contributed by atoms with Crippen molar-refractivity contribution < 1.29 is 19.2 Å². The first-order valence-corrected chi connectivity index (χ1v) is 10.6. The number of hydrogen-bond acceptors (Lipinski definition) is 4. The van der Waals surface area contributed by atoms with Gasteiger partial charge >= 0.3 is 0 Å². The lowest BCUT2D eigenvalue weighted by Gasteiger charge is -2.29. The van der Waals surface area contributed by atoms with Crippen molar-refractivity contribution in [3.8, 4) is 0 Å². The van der Waals surface area contributed by atoms with Crippen LogP contribution in [0.4, 0.5) is 0 Å². The van der Waals surface area contributed by atoms with Crippen LogP contribution in [0.2, 0.25) is 0 Å². The van der Waals surface area contributed by atoms with E-state index in [9.17, 15) is 19.2 Å². The van der Waals surface area contributed by atoms with Crippen LogP contribution in [0, 0.1) is 0 Å². The highest BCUT2D eigenvalue weighted by molar-refractivity contribution is 9.10. The summed E-state index contributed by atoms with van der Waals surface area (Å²) in [4.78, 5) is 49.0. The molecule has 3 atom stereocenters. The summed E-state index contributed by atoms with van der Waals surface area (Å²) in [7, 11) is 0. The summed E-state index contributed by atoms with van der Waals surface area (Å²) < 4.78 is 0.889. The van der Waals surface area contributed by atoms with E-state index in [1.807, 2.05) is 54.6 Å². The van der Waals surface area contributed by atoms with Gasteiger partial charge in [0, 0.05) is 17.3 Å². The maximum absolute atomic E-state index is 12.4. The number of piperazine rings is 1. The maximum Gasteiger partial charge on any atom is 0.243 e. The van der Waals surface area contributed by atoms with Crippen molar-refractivity contribution in [2.75, 3.05) is 0 Å². The SMILES string of the molecule is NC(=O)[C@@H](Cc1ccc(Br)cc1)NC(=O)C[C@@H]1NC(=O)[C@H](Cc2ccccc2)NC1=O. The van der Waals surface area contributed by atoms with Gasteiger partial charge in [-0.2, -0.15) is 0 Å². The highest BCUT2D eigenvalue weighted by Gasteiger charge is 2.35. The molecule has 0 spiro atoms. The van der Waals surface area contributed by atoms with Gasteiger partial charge in [0.05, 0.1) is 6.42 Å². The third-order valence-electron chi connectivity index (χ3n) is 4.97. The molecule has 5 N–H and O–H groups in total. The fourth-order valence-corrected chi connectivity index (χ4v) is 3.59. The molecule has 1 saturated heterocycles. The average Bonchev–Trinajstić information content (AvgIpc) is 2.73. The zero-order chi connectivity index (χ0) is 22.4. The molecule has 0 aromatic heterocycles. The van der Waals surface area contributed by atoms with E-state index in [2.05, 4.69) is 31.9 Å². The van der Waals surface area contributed by atoms with Crippen LogP contribution in [0.3, 0.4) is 0 Å². The fourth-order valence-electron chi connectivity index (χ4n) is 3.33. The lowest BCUT2D eigenvalue weighted by Crippen LogP contribution is -2.63.